The molecule has 2 aromatic rings. The number of piperidine rings is 1. The van der Waals surface area contributed by atoms with Gasteiger partial charge in [0, 0.05) is 43.5 Å². The summed E-state index contributed by atoms with van der Waals surface area (Å²) in [4.78, 5) is 29.6. The predicted octanol–water partition coefficient (Wildman–Crippen LogP) is 1.24. The molecule has 1 saturated heterocycles. The molecule has 7 heteroatoms. The molecule has 2 amide bonds. The van der Waals surface area contributed by atoms with Crippen LogP contribution in [0.15, 0.2) is 30.6 Å². The van der Waals surface area contributed by atoms with Crippen molar-refractivity contribution in [1.29, 1.82) is 0 Å². The number of nitrogens with two attached hydrogens (primary N) is 1. The van der Waals surface area contributed by atoms with Gasteiger partial charge in [0.25, 0.3) is 5.91 Å². The minimum absolute atomic E-state index is 0.151. The number of primary amides is 1. The van der Waals surface area contributed by atoms with Gasteiger partial charge < -0.3 is 10.6 Å². The second-order valence-electron chi connectivity index (χ2n) is 6.11. The van der Waals surface area contributed by atoms with Gasteiger partial charge in [-0.2, -0.15) is 5.10 Å². The first-order valence-corrected chi connectivity index (χ1v) is 8.15. The third kappa shape index (κ3) is 3.79. The molecule has 0 aliphatic carbocycles. The number of aryl methyl sites for hydroxylation is 1. The van der Waals surface area contributed by atoms with Crippen molar-refractivity contribution in [3.05, 3.63) is 47.5 Å². The number of aromatic amines is 1. The number of hydrogen-bond acceptors (Lipinski definition) is 4. The van der Waals surface area contributed by atoms with Crippen LogP contribution in [0.2, 0.25) is 0 Å². The number of carbonyl (C=O) groups is 2. The Bertz CT molecular complexity index is 713. The zero-order valence-corrected chi connectivity index (χ0v) is 13.4. The van der Waals surface area contributed by atoms with Crippen LogP contribution >= 0.6 is 0 Å². The SMILES string of the molecule is NC(=O)c1cc([C@H]2CCCN(C(=O)CCc3cccnc3)C2)[nH]n1. The van der Waals surface area contributed by atoms with Crippen molar-refractivity contribution in [2.24, 2.45) is 5.73 Å². The molecule has 1 atom stereocenters. The number of H-pyrrole nitrogens is 1. The molecule has 3 rings (SSSR count). The van der Waals surface area contributed by atoms with E-state index in [-0.39, 0.29) is 17.5 Å². The smallest absolute Gasteiger partial charge is 0.269 e. The number of rotatable bonds is 5. The van der Waals surface area contributed by atoms with Crippen molar-refractivity contribution in [2.75, 3.05) is 13.1 Å². The van der Waals surface area contributed by atoms with Gasteiger partial charge in [0.05, 0.1) is 0 Å². The number of amides is 2. The fourth-order valence-corrected chi connectivity index (χ4v) is 3.08. The quantitative estimate of drug-likeness (QED) is 0.862. The third-order valence-electron chi connectivity index (χ3n) is 4.41. The minimum Gasteiger partial charge on any atom is -0.364 e. The lowest BCUT2D eigenvalue weighted by Gasteiger charge is -2.32. The first kappa shape index (κ1) is 16.2. The van der Waals surface area contributed by atoms with E-state index >= 15 is 0 Å². The second kappa shape index (κ2) is 7.25. The van der Waals surface area contributed by atoms with E-state index in [1.54, 1.807) is 18.5 Å². The van der Waals surface area contributed by atoms with Gasteiger partial charge in [-0.1, -0.05) is 6.07 Å². The zero-order valence-electron chi connectivity index (χ0n) is 13.4. The number of likely N-dealkylation sites (tertiary alicyclic amines) is 1. The lowest BCUT2D eigenvalue weighted by molar-refractivity contribution is -0.132. The normalized spacial score (nSPS) is 17.7. The Labute approximate surface area is 140 Å². The van der Waals surface area contributed by atoms with E-state index in [1.807, 2.05) is 17.0 Å². The van der Waals surface area contributed by atoms with Crippen molar-refractivity contribution < 1.29 is 9.59 Å². The Morgan fingerprint density at radius 1 is 1.42 bits per heavy atom. The molecule has 7 nitrogen and oxygen atoms in total. The summed E-state index contributed by atoms with van der Waals surface area (Å²) in [5.41, 5.74) is 7.41. The Morgan fingerprint density at radius 2 is 2.29 bits per heavy atom. The van der Waals surface area contributed by atoms with Gasteiger partial charge in [0.2, 0.25) is 5.91 Å². The average Bonchev–Trinajstić information content (AvgIpc) is 3.11. The summed E-state index contributed by atoms with van der Waals surface area (Å²) in [5, 5.41) is 6.80. The van der Waals surface area contributed by atoms with Gasteiger partial charge in [-0.3, -0.25) is 19.7 Å². The number of hydrogen-bond donors (Lipinski definition) is 2. The predicted molar refractivity (Wildman–Crippen MR) is 88.2 cm³/mol. The van der Waals surface area contributed by atoms with Crippen LogP contribution in [-0.4, -0.2) is 45.0 Å². The number of aromatic nitrogens is 3. The van der Waals surface area contributed by atoms with Crippen LogP contribution in [-0.2, 0) is 11.2 Å². The van der Waals surface area contributed by atoms with E-state index in [0.29, 0.717) is 19.4 Å². The van der Waals surface area contributed by atoms with E-state index in [2.05, 4.69) is 15.2 Å². The molecule has 3 heterocycles. The maximum absolute atomic E-state index is 12.5. The van der Waals surface area contributed by atoms with E-state index in [0.717, 1.165) is 30.6 Å². The molecular formula is C17H21N5O2. The molecule has 2 aromatic heterocycles. The number of nitrogens with zero attached hydrogens (tertiary/aromatic N) is 3. The maximum atomic E-state index is 12.5. The average molecular weight is 327 g/mol. The summed E-state index contributed by atoms with van der Waals surface area (Å²) in [7, 11) is 0. The highest BCUT2D eigenvalue weighted by atomic mass is 16.2. The fourth-order valence-electron chi connectivity index (χ4n) is 3.08. The molecule has 1 aliphatic heterocycles. The lowest BCUT2D eigenvalue weighted by atomic mass is 9.94. The molecule has 0 unspecified atom stereocenters. The Kier molecular flexibility index (Phi) is 4.88. The van der Waals surface area contributed by atoms with Gasteiger partial charge in [0.1, 0.15) is 5.69 Å². The van der Waals surface area contributed by atoms with E-state index in [1.165, 1.54) is 0 Å². The van der Waals surface area contributed by atoms with Crippen molar-refractivity contribution >= 4 is 11.8 Å². The summed E-state index contributed by atoms with van der Waals surface area (Å²) in [6.07, 6.45) is 6.60. The molecule has 1 aliphatic rings. The maximum Gasteiger partial charge on any atom is 0.269 e. The van der Waals surface area contributed by atoms with Crippen LogP contribution < -0.4 is 5.73 Å². The molecule has 0 bridgehead atoms. The highest BCUT2D eigenvalue weighted by molar-refractivity contribution is 5.90. The molecule has 3 N–H and O–H groups in total. The zero-order chi connectivity index (χ0) is 16.9. The van der Waals surface area contributed by atoms with Crippen molar-refractivity contribution in [2.45, 2.75) is 31.6 Å². The Hall–Kier alpha value is -2.70. The summed E-state index contributed by atoms with van der Waals surface area (Å²) in [6, 6.07) is 5.55. The molecule has 0 radical (unpaired) electrons. The monoisotopic (exact) mass is 327 g/mol. The third-order valence-corrected chi connectivity index (χ3v) is 4.41. The summed E-state index contributed by atoms with van der Waals surface area (Å²) >= 11 is 0. The molecule has 0 aromatic carbocycles. The molecule has 1 fully saturated rings. The topological polar surface area (TPSA) is 105 Å². The standard InChI is InChI=1S/C17H21N5O2/c18-17(24)15-9-14(20-21-15)13-4-2-8-22(11-13)16(23)6-5-12-3-1-7-19-10-12/h1,3,7,9-10,13H,2,4-6,8,11H2,(H2,18,24)(H,20,21)/t13-/m0/s1. The lowest BCUT2D eigenvalue weighted by Crippen LogP contribution is -2.39. The highest BCUT2D eigenvalue weighted by Gasteiger charge is 2.26. The van der Waals surface area contributed by atoms with Crippen molar-refractivity contribution in [1.82, 2.24) is 20.1 Å². The molecule has 0 saturated carbocycles. The van der Waals surface area contributed by atoms with Gasteiger partial charge in [0.15, 0.2) is 0 Å². The van der Waals surface area contributed by atoms with Crippen LogP contribution in [0, 0.1) is 0 Å². The molecule has 126 valence electrons. The Balaban J connectivity index is 1.58. The fraction of sp³-hybridized carbons (Fsp3) is 0.412. The van der Waals surface area contributed by atoms with E-state index < -0.39 is 5.91 Å². The molecule has 0 spiro atoms. The van der Waals surface area contributed by atoms with E-state index in [9.17, 15) is 9.59 Å². The first-order valence-electron chi connectivity index (χ1n) is 8.15. The van der Waals surface area contributed by atoms with Crippen LogP contribution in [0.3, 0.4) is 0 Å². The van der Waals surface area contributed by atoms with Crippen LogP contribution in [0.1, 0.15) is 46.9 Å². The van der Waals surface area contributed by atoms with Gasteiger partial charge in [-0.05, 0) is 37.0 Å². The molecular weight excluding hydrogens is 306 g/mol. The van der Waals surface area contributed by atoms with Crippen molar-refractivity contribution in [3.63, 3.8) is 0 Å². The summed E-state index contributed by atoms with van der Waals surface area (Å²) in [6.45, 7) is 1.42. The molecule has 24 heavy (non-hydrogen) atoms. The van der Waals surface area contributed by atoms with Crippen LogP contribution in [0.4, 0.5) is 0 Å². The number of carbonyl (C=O) groups excluding carboxylic acids is 2. The summed E-state index contributed by atoms with van der Waals surface area (Å²) < 4.78 is 0. The van der Waals surface area contributed by atoms with Gasteiger partial charge in [-0.25, -0.2) is 0 Å². The Morgan fingerprint density at radius 3 is 3.00 bits per heavy atom. The minimum atomic E-state index is -0.544. The first-order chi connectivity index (χ1) is 11.6. The van der Waals surface area contributed by atoms with Crippen molar-refractivity contribution in [3.8, 4) is 0 Å². The second-order valence-corrected chi connectivity index (χ2v) is 6.11. The summed E-state index contributed by atoms with van der Waals surface area (Å²) in [5.74, 6) is -0.224. The van der Waals surface area contributed by atoms with E-state index in [4.69, 9.17) is 5.73 Å². The highest BCUT2D eigenvalue weighted by Crippen LogP contribution is 2.26. The van der Waals surface area contributed by atoms with Gasteiger partial charge >= 0.3 is 0 Å². The van der Waals surface area contributed by atoms with Crippen LogP contribution in [0.5, 0.6) is 0 Å². The largest absolute Gasteiger partial charge is 0.364 e. The number of nitrogens with one attached hydrogen (secondary N) is 1. The van der Waals surface area contributed by atoms with Crippen LogP contribution in [0.25, 0.3) is 0 Å². The van der Waals surface area contributed by atoms with Gasteiger partial charge in [-0.15, -0.1) is 0 Å². The number of pyridine rings is 1.